The Bertz CT molecular complexity index is 621. The van der Waals surface area contributed by atoms with Crippen LogP contribution < -0.4 is 10.5 Å². The summed E-state index contributed by atoms with van der Waals surface area (Å²) in [6.45, 7) is 1.93. The number of carbonyl (C=O) groups is 1. The van der Waals surface area contributed by atoms with Gasteiger partial charge >= 0.3 is 0 Å². The first-order valence-corrected chi connectivity index (χ1v) is 7.83. The van der Waals surface area contributed by atoms with Gasteiger partial charge in [-0.25, -0.2) is 17.9 Å². The SMILES string of the molecule is COC(C)CNC(=O)c1cc(F)cc(S(N)(=O)=O)c1Br. The van der Waals surface area contributed by atoms with Gasteiger partial charge in [0.2, 0.25) is 10.0 Å². The summed E-state index contributed by atoms with van der Waals surface area (Å²) in [5.41, 5.74) is -0.155. The van der Waals surface area contributed by atoms with Crippen molar-refractivity contribution in [2.45, 2.75) is 17.9 Å². The van der Waals surface area contributed by atoms with Crippen LogP contribution in [0.3, 0.4) is 0 Å². The molecule has 0 heterocycles. The number of ether oxygens (including phenoxy) is 1. The molecule has 1 aromatic carbocycles. The van der Waals surface area contributed by atoms with Crippen molar-refractivity contribution in [3.05, 3.63) is 28.0 Å². The Morgan fingerprint density at radius 3 is 2.65 bits per heavy atom. The molecule has 3 N–H and O–H groups in total. The molecule has 0 radical (unpaired) electrons. The number of halogens is 2. The molecule has 1 unspecified atom stereocenters. The number of carbonyl (C=O) groups excluding carboxylic acids is 1. The number of benzene rings is 1. The summed E-state index contributed by atoms with van der Waals surface area (Å²) in [6, 6.07) is 1.67. The number of nitrogens with one attached hydrogen (secondary N) is 1. The molecule has 0 bridgehead atoms. The van der Waals surface area contributed by atoms with Gasteiger partial charge in [-0.1, -0.05) is 0 Å². The van der Waals surface area contributed by atoms with Gasteiger partial charge in [0.05, 0.1) is 21.0 Å². The summed E-state index contributed by atoms with van der Waals surface area (Å²) in [5, 5.41) is 7.46. The van der Waals surface area contributed by atoms with Crippen LogP contribution >= 0.6 is 15.9 Å². The zero-order valence-corrected chi connectivity index (χ0v) is 13.2. The monoisotopic (exact) mass is 368 g/mol. The van der Waals surface area contributed by atoms with Gasteiger partial charge in [0, 0.05) is 13.7 Å². The minimum absolute atomic E-state index is 0.0797. The van der Waals surface area contributed by atoms with Crippen molar-refractivity contribution in [2.24, 2.45) is 5.14 Å². The summed E-state index contributed by atoms with van der Waals surface area (Å²) in [7, 11) is -2.66. The quantitative estimate of drug-likeness (QED) is 0.809. The highest BCUT2D eigenvalue weighted by Gasteiger charge is 2.21. The Morgan fingerprint density at radius 2 is 2.15 bits per heavy atom. The lowest BCUT2D eigenvalue weighted by molar-refractivity contribution is 0.0869. The van der Waals surface area contributed by atoms with Crippen LogP contribution in [0.2, 0.25) is 0 Å². The predicted octanol–water partition coefficient (Wildman–Crippen LogP) is 1.00. The molecule has 0 aromatic heterocycles. The molecule has 112 valence electrons. The Labute approximate surface area is 124 Å². The van der Waals surface area contributed by atoms with Crippen LogP contribution in [0.4, 0.5) is 4.39 Å². The summed E-state index contributed by atoms with van der Waals surface area (Å²) in [5.74, 6) is -1.51. The highest BCUT2D eigenvalue weighted by atomic mass is 79.9. The zero-order valence-electron chi connectivity index (χ0n) is 10.8. The largest absolute Gasteiger partial charge is 0.380 e. The van der Waals surface area contributed by atoms with Crippen molar-refractivity contribution >= 4 is 31.9 Å². The number of primary sulfonamides is 1. The molecule has 1 atom stereocenters. The van der Waals surface area contributed by atoms with E-state index in [1.807, 2.05) is 0 Å². The predicted molar refractivity (Wildman–Crippen MR) is 74.3 cm³/mol. The molecule has 0 spiro atoms. The molecule has 0 fully saturated rings. The molecule has 0 aliphatic carbocycles. The summed E-state index contributed by atoms with van der Waals surface area (Å²) < 4.78 is 40.9. The van der Waals surface area contributed by atoms with Gasteiger partial charge in [-0.3, -0.25) is 4.79 Å². The molecular weight excluding hydrogens is 355 g/mol. The van der Waals surface area contributed by atoms with E-state index >= 15 is 0 Å². The van der Waals surface area contributed by atoms with Crippen LogP contribution in [0.15, 0.2) is 21.5 Å². The number of hydrogen-bond acceptors (Lipinski definition) is 4. The van der Waals surface area contributed by atoms with Crippen LogP contribution in [0, 0.1) is 5.82 Å². The average molecular weight is 369 g/mol. The Kier molecular flexibility index (Phi) is 5.63. The number of nitrogens with two attached hydrogens (primary N) is 1. The van der Waals surface area contributed by atoms with Gasteiger partial charge < -0.3 is 10.1 Å². The highest BCUT2D eigenvalue weighted by Crippen LogP contribution is 2.26. The molecule has 1 aromatic rings. The van der Waals surface area contributed by atoms with Gasteiger partial charge in [-0.15, -0.1) is 0 Å². The lowest BCUT2D eigenvalue weighted by Crippen LogP contribution is -2.32. The molecular formula is C11H14BrFN2O4S. The zero-order chi connectivity index (χ0) is 15.5. The lowest BCUT2D eigenvalue weighted by atomic mass is 10.2. The van der Waals surface area contributed by atoms with Crippen LogP contribution in [0.1, 0.15) is 17.3 Å². The standard InChI is InChI=1S/C11H14BrFN2O4S/c1-6(19-2)5-15-11(16)8-3-7(13)4-9(10(8)12)20(14,17)18/h3-4,6H,5H2,1-2H3,(H,15,16)(H2,14,17,18). The molecule has 0 saturated carbocycles. The number of hydrogen-bond donors (Lipinski definition) is 2. The molecule has 20 heavy (non-hydrogen) atoms. The first kappa shape index (κ1) is 17.0. The maximum absolute atomic E-state index is 13.4. The van der Waals surface area contributed by atoms with Crippen molar-refractivity contribution in [1.82, 2.24) is 5.32 Å². The second kappa shape index (κ2) is 6.61. The van der Waals surface area contributed by atoms with Gasteiger partial charge in [0.25, 0.3) is 5.91 Å². The number of methoxy groups -OCH3 is 1. The van der Waals surface area contributed by atoms with Crippen molar-refractivity contribution in [2.75, 3.05) is 13.7 Å². The van der Waals surface area contributed by atoms with Crippen LogP contribution in [0.5, 0.6) is 0 Å². The fourth-order valence-electron chi connectivity index (χ4n) is 1.35. The van der Waals surface area contributed by atoms with Gasteiger partial charge in [0.15, 0.2) is 0 Å². The van der Waals surface area contributed by atoms with E-state index in [1.54, 1.807) is 6.92 Å². The van der Waals surface area contributed by atoms with E-state index in [2.05, 4.69) is 21.2 Å². The van der Waals surface area contributed by atoms with E-state index in [1.165, 1.54) is 7.11 Å². The maximum atomic E-state index is 13.4. The highest BCUT2D eigenvalue weighted by molar-refractivity contribution is 9.10. The fraction of sp³-hybridized carbons (Fsp3) is 0.364. The van der Waals surface area contributed by atoms with Gasteiger partial charge in [-0.2, -0.15) is 0 Å². The van der Waals surface area contributed by atoms with E-state index in [0.717, 1.165) is 12.1 Å². The van der Waals surface area contributed by atoms with Crippen molar-refractivity contribution in [3.8, 4) is 0 Å². The topological polar surface area (TPSA) is 98.5 Å². The summed E-state index contributed by atoms with van der Waals surface area (Å²) in [6.07, 6.45) is -0.232. The number of sulfonamides is 1. The third-order valence-corrected chi connectivity index (χ3v) is 4.56. The van der Waals surface area contributed by atoms with Crippen LogP contribution in [0.25, 0.3) is 0 Å². The number of amides is 1. The van der Waals surface area contributed by atoms with Crippen LogP contribution in [-0.4, -0.2) is 34.1 Å². The van der Waals surface area contributed by atoms with E-state index in [-0.39, 0.29) is 22.7 Å². The van der Waals surface area contributed by atoms with Crippen molar-refractivity contribution < 1.29 is 22.3 Å². The normalized spacial score (nSPS) is 13.1. The third kappa shape index (κ3) is 4.23. The Hall–Kier alpha value is -1.03. The van der Waals surface area contributed by atoms with E-state index in [9.17, 15) is 17.6 Å². The Morgan fingerprint density at radius 1 is 1.55 bits per heavy atom. The molecule has 1 amide bonds. The minimum atomic E-state index is -4.14. The van der Waals surface area contributed by atoms with Gasteiger partial charge in [0.1, 0.15) is 5.82 Å². The smallest absolute Gasteiger partial charge is 0.252 e. The molecule has 1 rings (SSSR count). The lowest BCUT2D eigenvalue weighted by Gasteiger charge is -2.13. The van der Waals surface area contributed by atoms with Crippen molar-refractivity contribution in [1.29, 1.82) is 0 Å². The first-order chi connectivity index (χ1) is 9.16. The van der Waals surface area contributed by atoms with Crippen molar-refractivity contribution in [3.63, 3.8) is 0 Å². The van der Waals surface area contributed by atoms with E-state index < -0.39 is 26.6 Å². The third-order valence-electron chi connectivity index (χ3n) is 2.51. The van der Waals surface area contributed by atoms with Crippen LogP contribution in [-0.2, 0) is 14.8 Å². The molecule has 0 saturated heterocycles. The van der Waals surface area contributed by atoms with E-state index in [4.69, 9.17) is 9.88 Å². The molecule has 9 heteroatoms. The summed E-state index contributed by atoms with van der Waals surface area (Å²) in [4.78, 5) is 11.4. The number of rotatable bonds is 5. The summed E-state index contributed by atoms with van der Waals surface area (Å²) >= 11 is 2.96. The van der Waals surface area contributed by atoms with Gasteiger partial charge in [-0.05, 0) is 35.0 Å². The molecule has 6 nitrogen and oxygen atoms in total. The second-order valence-corrected chi connectivity index (χ2v) is 6.39. The maximum Gasteiger partial charge on any atom is 0.252 e. The average Bonchev–Trinajstić information content (AvgIpc) is 2.36. The molecule has 0 aliphatic heterocycles. The Balaban J connectivity index is 3.13. The second-order valence-electron chi connectivity index (χ2n) is 4.07. The first-order valence-electron chi connectivity index (χ1n) is 5.49. The fourth-order valence-corrected chi connectivity index (χ4v) is 3.07. The van der Waals surface area contributed by atoms with E-state index in [0.29, 0.717) is 0 Å². The minimum Gasteiger partial charge on any atom is -0.380 e. The molecule has 0 aliphatic rings.